The van der Waals surface area contributed by atoms with Crippen molar-refractivity contribution in [2.75, 3.05) is 0 Å². The van der Waals surface area contributed by atoms with Crippen molar-refractivity contribution >= 4 is 0 Å². The Morgan fingerprint density at radius 1 is 1.27 bits per heavy atom. The molecule has 0 aromatic rings. The van der Waals surface area contributed by atoms with Crippen molar-refractivity contribution in [3.05, 3.63) is 10.1 Å². The van der Waals surface area contributed by atoms with E-state index in [-0.39, 0.29) is 0 Å². The molecule has 0 aliphatic heterocycles. The highest BCUT2D eigenvalue weighted by Gasteiger charge is 2.57. The van der Waals surface area contributed by atoms with E-state index < -0.39 is 10.7 Å². The molecule has 4 aliphatic rings. The molecule has 4 saturated carbocycles. The van der Waals surface area contributed by atoms with Crippen LogP contribution >= 0.6 is 0 Å². The molecule has 4 fully saturated rings. The lowest BCUT2D eigenvalue weighted by Gasteiger charge is -2.59. The van der Waals surface area contributed by atoms with E-state index in [1.807, 2.05) is 0 Å². The lowest BCUT2D eigenvalue weighted by atomic mass is 9.48. The molecule has 4 nitrogen and oxygen atoms in total. The Kier molecular flexibility index (Phi) is 1.67. The first-order chi connectivity index (χ1) is 6.99. The fourth-order valence-corrected chi connectivity index (χ4v) is 4.89. The zero-order valence-corrected chi connectivity index (χ0v) is 9.07. The van der Waals surface area contributed by atoms with Crippen LogP contribution in [0.1, 0.15) is 45.4 Å². The first-order valence-electron chi connectivity index (χ1n) is 5.82. The second-order valence-electron chi connectivity index (χ2n) is 6.27. The Morgan fingerprint density at radius 2 is 1.87 bits per heavy atom. The predicted octanol–water partition coefficient (Wildman–Crippen LogP) is 2.55. The summed E-state index contributed by atoms with van der Waals surface area (Å²) < 4.78 is 0. The van der Waals surface area contributed by atoms with Crippen molar-refractivity contribution in [2.24, 2.45) is 17.3 Å². The van der Waals surface area contributed by atoms with Crippen molar-refractivity contribution in [3.63, 3.8) is 0 Å². The minimum absolute atomic E-state index is 0.320. The van der Waals surface area contributed by atoms with Crippen LogP contribution in [0.2, 0.25) is 0 Å². The summed E-state index contributed by atoms with van der Waals surface area (Å²) in [5.41, 5.74) is -0.0948. The lowest BCUT2D eigenvalue weighted by Crippen LogP contribution is -2.56. The van der Waals surface area contributed by atoms with E-state index in [4.69, 9.17) is 4.84 Å². The summed E-state index contributed by atoms with van der Waals surface area (Å²) in [4.78, 5) is 15.6. The highest BCUT2D eigenvalue weighted by molar-refractivity contribution is 5.07. The van der Waals surface area contributed by atoms with Crippen molar-refractivity contribution in [1.82, 2.24) is 0 Å². The second kappa shape index (κ2) is 2.66. The monoisotopic (exact) mass is 211 g/mol. The topological polar surface area (TPSA) is 52.4 Å². The van der Waals surface area contributed by atoms with Gasteiger partial charge in [0.2, 0.25) is 0 Å². The maximum atomic E-state index is 10.6. The molecule has 84 valence electrons. The van der Waals surface area contributed by atoms with Gasteiger partial charge in [0.15, 0.2) is 0 Å². The predicted molar refractivity (Wildman–Crippen MR) is 53.6 cm³/mol. The van der Waals surface area contributed by atoms with Gasteiger partial charge in [-0.2, -0.15) is 0 Å². The summed E-state index contributed by atoms with van der Waals surface area (Å²) in [6, 6.07) is 0. The normalized spacial score (nSPS) is 51.8. The molecule has 4 heteroatoms. The van der Waals surface area contributed by atoms with Gasteiger partial charge in [-0.15, -0.1) is 10.1 Å². The van der Waals surface area contributed by atoms with E-state index in [1.54, 1.807) is 0 Å². The molecule has 0 spiro atoms. The van der Waals surface area contributed by atoms with E-state index in [1.165, 1.54) is 19.3 Å². The molecular formula is C11H17NO3. The first kappa shape index (κ1) is 9.43. The molecule has 4 aliphatic carbocycles. The van der Waals surface area contributed by atoms with Crippen LogP contribution in [0.15, 0.2) is 0 Å². The first-order valence-corrected chi connectivity index (χ1v) is 5.82. The van der Waals surface area contributed by atoms with Crippen LogP contribution in [-0.4, -0.2) is 10.7 Å². The molecule has 0 heterocycles. The van der Waals surface area contributed by atoms with Gasteiger partial charge >= 0.3 is 0 Å². The molecule has 15 heavy (non-hydrogen) atoms. The number of nitrogens with zero attached hydrogens (tertiary/aromatic N) is 1. The molecule has 0 N–H and O–H groups in total. The van der Waals surface area contributed by atoms with Gasteiger partial charge in [-0.05, 0) is 55.8 Å². The Balaban J connectivity index is 1.89. The minimum Gasteiger partial charge on any atom is -0.307 e. The molecule has 0 unspecified atom stereocenters. The standard InChI is InChI=1S/C11H17NO3/c1-10-3-8-2-9(4-10)6-11(5-8,7-10)15-12(13)14/h8-9H,2-7H2,1H3/t8-,9-,10?,11?/m1/s1. The van der Waals surface area contributed by atoms with E-state index in [0.717, 1.165) is 19.3 Å². The van der Waals surface area contributed by atoms with E-state index in [2.05, 4.69) is 6.92 Å². The van der Waals surface area contributed by atoms with Gasteiger partial charge in [-0.1, -0.05) is 6.92 Å². The van der Waals surface area contributed by atoms with Crippen LogP contribution in [-0.2, 0) is 4.84 Å². The maximum Gasteiger partial charge on any atom is 0.295 e. The molecular weight excluding hydrogens is 194 g/mol. The van der Waals surface area contributed by atoms with Crippen molar-refractivity contribution < 1.29 is 9.92 Å². The fourth-order valence-electron chi connectivity index (χ4n) is 4.89. The van der Waals surface area contributed by atoms with E-state index in [9.17, 15) is 10.1 Å². The van der Waals surface area contributed by atoms with Crippen molar-refractivity contribution in [1.29, 1.82) is 0 Å². The van der Waals surface area contributed by atoms with Crippen LogP contribution in [0.5, 0.6) is 0 Å². The fraction of sp³-hybridized carbons (Fsp3) is 1.00. The van der Waals surface area contributed by atoms with E-state index in [0.29, 0.717) is 17.3 Å². The smallest absolute Gasteiger partial charge is 0.295 e. The molecule has 0 aromatic heterocycles. The zero-order valence-electron chi connectivity index (χ0n) is 9.07. The van der Waals surface area contributed by atoms with Gasteiger partial charge in [0.1, 0.15) is 5.60 Å². The van der Waals surface area contributed by atoms with Gasteiger partial charge in [0, 0.05) is 0 Å². The molecule has 4 rings (SSSR count). The van der Waals surface area contributed by atoms with Gasteiger partial charge < -0.3 is 4.84 Å². The Hall–Kier alpha value is -0.800. The van der Waals surface area contributed by atoms with Crippen LogP contribution in [0.3, 0.4) is 0 Å². The number of hydrogen-bond donors (Lipinski definition) is 0. The van der Waals surface area contributed by atoms with Crippen molar-refractivity contribution in [2.45, 2.75) is 51.0 Å². The lowest BCUT2D eigenvalue weighted by molar-refractivity contribution is -0.785. The third-order valence-electron chi connectivity index (χ3n) is 4.57. The summed E-state index contributed by atoms with van der Waals surface area (Å²) in [6.45, 7) is 2.28. The van der Waals surface area contributed by atoms with Gasteiger partial charge in [-0.25, -0.2) is 0 Å². The number of rotatable bonds is 2. The third-order valence-corrected chi connectivity index (χ3v) is 4.57. The highest BCUT2D eigenvalue weighted by atomic mass is 17.0. The van der Waals surface area contributed by atoms with Crippen LogP contribution in [0.25, 0.3) is 0 Å². The van der Waals surface area contributed by atoms with Crippen LogP contribution < -0.4 is 0 Å². The minimum atomic E-state index is -0.573. The maximum absolute atomic E-state index is 10.6. The average molecular weight is 211 g/mol. The molecule has 0 aromatic carbocycles. The molecule has 2 atom stereocenters. The average Bonchev–Trinajstić information content (AvgIpc) is 1.94. The van der Waals surface area contributed by atoms with Crippen LogP contribution in [0.4, 0.5) is 0 Å². The Labute approximate surface area is 89.1 Å². The van der Waals surface area contributed by atoms with Crippen LogP contribution in [0, 0.1) is 27.4 Å². The summed E-state index contributed by atoms with van der Waals surface area (Å²) >= 11 is 0. The third kappa shape index (κ3) is 1.42. The second-order valence-corrected chi connectivity index (χ2v) is 6.27. The van der Waals surface area contributed by atoms with Crippen molar-refractivity contribution in [3.8, 4) is 0 Å². The Morgan fingerprint density at radius 3 is 2.33 bits per heavy atom. The summed E-state index contributed by atoms with van der Waals surface area (Å²) in [7, 11) is 0. The molecule has 0 saturated heterocycles. The quantitative estimate of drug-likeness (QED) is 0.521. The largest absolute Gasteiger partial charge is 0.307 e. The Bertz CT molecular complexity index is 301. The van der Waals surface area contributed by atoms with Gasteiger partial charge in [-0.3, -0.25) is 0 Å². The van der Waals surface area contributed by atoms with Gasteiger partial charge in [0.25, 0.3) is 5.09 Å². The van der Waals surface area contributed by atoms with E-state index >= 15 is 0 Å². The SMILES string of the molecule is CC12C[C@H]3C[C@H](C1)CC(O[N+](=O)[O-])(C3)C2. The molecule has 0 radical (unpaired) electrons. The molecule has 4 bridgehead atoms. The summed E-state index contributed by atoms with van der Waals surface area (Å²) in [5.74, 6) is 1.35. The number of hydrogen-bond acceptors (Lipinski definition) is 3. The molecule has 0 amide bonds. The summed E-state index contributed by atoms with van der Waals surface area (Å²) in [6.07, 6.45) is 6.52. The zero-order chi connectivity index (χ0) is 10.7. The van der Waals surface area contributed by atoms with Gasteiger partial charge in [0.05, 0.1) is 0 Å². The highest BCUT2D eigenvalue weighted by Crippen LogP contribution is 2.62. The summed E-state index contributed by atoms with van der Waals surface area (Å²) in [5, 5.41) is 10.00.